The van der Waals surface area contributed by atoms with Crippen molar-refractivity contribution in [1.29, 1.82) is 0 Å². The van der Waals surface area contributed by atoms with Gasteiger partial charge in [0.05, 0.1) is 5.56 Å². The Morgan fingerprint density at radius 1 is 1.16 bits per heavy atom. The van der Waals surface area contributed by atoms with Gasteiger partial charge in [-0.3, -0.25) is 4.79 Å². The van der Waals surface area contributed by atoms with E-state index in [1.807, 2.05) is 17.0 Å². The maximum atomic E-state index is 12.6. The second-order valence-electron chi connectivity index (χ2n) is 7.89. The first-order valence-corrected chi connectivity index (χ1v) is 9.58. The molecule has 0 saturated carbocycles. The highest BCUT2D eigenvalue weighted by Crippen LogP contribution is 2.32. The molecule has 3 atom stereocenters. The third kappa shape index (κ3) is 3.37. The Bertz CT molecular complexity index is 619. The van der Waals surface area contributed by atoms with Gasteiger partial charge in [-0.25, -0.2) is 4.98 Å². The van der Waals surface area contributed by atoms with Gasteiger partial charge in [0.25, 0.3) is 5.91 Å². The van der Waals surface area contributed by atoms with Crippen molar-refractivity contribution in [2.24, 2.45) is 11.7 Å². The lowest BCUT2D eigenvalue weighted by molar-refractivity contribution is 0.0708. The van der Waals surface area contributed by atoms with Crippen molar-refractivity contribution in [3.63, 3.8) is 0 Å². The molecule has 6 nitrogen and oxygen atoms in total. The number of anilines is 1. The number of hydrogen-bond donors (Lipinski definition) is 1. The van der Waals surface area contributed by atoms with E-state index >= 15 is 0 Å². The van der Waals surface area contributed by atoms with Crippen LogP contribution in [0.5, 0.6) is 0 Å². The largest absolute Gasteiger partial charge is 0.355 e. The Morgan fingerprint density at radius 2 is 2.00 bits per heavy atom. The van der Waals surface area contributed by atoms with E-state index in [-0.39, 0.29) is 11.9 Å². The first-order valence-electron chi connectivity index (χ1n) is 9.58. The third-order valence-electron chi connectivity index (χ3n) is 6.20. The molecule has 1 aromatic heterocycles. The molecular weight excluding hydrogens is 314 g/mol. The second-order valence-corrected chi connectivity index (χ2v) is 7.89. The van der Waals surface area contributed by atoms with E-state index in [4.69, 9.17) is 5.73 Å². The van der Waals surface area contributed by atoms with Gasteiger partial charge >= 0.3 is 0 Å². The highest BCUT2D eigenvalue weighted by molar-refractivity contribution is 5.94. The standard InChI is InChI=1S/C19H29N5O/c1-22-9-6-14-7-10-23(13-17(14)22)18-5-4-15(11-21-18)19(25)24-8-2-3-16(20)12-24/h4-5,11,14,16-17H,2-3,6-10,12-13,20H2,1H3/t14-,16?,17+/m1/s1. The number of amides is 1. The van der Waals surface area contributed by atoms with Gasteiger partial charge in [0.2, 0.25) is 0 Å². The van der Waals surface area contributed by atoms with E-state index in [2.05, 4.69) is 21.8 Å². The zero-order valence-electron chi connectivity index (χ0n) is 15.1. The second kappa shape index (κ2) is 6.92. The van der Waals surface area contributed by atoms with Crippen LogP contribution in [0.3, 0.4) is 0 Å². The summed E-state index contributed by atoms with van der Waals surface area (Å²) in [5.41, 5.74) is 6.67. The fourth-order valence-corrected chi connectivity index (χ4v) is 4.64. The lowest BCUT2D eigenvalue weighted by Gasteiger charge is -2.38. The van der Waals surface area contributed by atoms with Crippen LogP contribution in [0, 0.1) is 5.92 Å². The molecule has 0 bridgehead atoms. The average Bonchev–Trinajstić information content (AvgIpc) is 3.02. The normalized spacial score (nSPS) is 30.4. The van der Waals surface area contributed by atoms with Gasteiger partial charge in [-0.05, 0) is 57.3 Å². The number of aromatic nitrogens is 1. The summed E-state index contributed by atoms with van der Waals surface area (Å²) in [4.78, 5) is 24.0. The summed E-state index contributed by atoms with van der Waals surface area (Å²) in [6.07, 6.45) is 6.30. The number of rotatable bonds is 2. The zero-order valence-corrected chi connectivity index (χ0v) is 15.1. The molecule has 3 aliphatic rings. The van der Waals surface area contributed by atoms with Gasteiger partial charge in [-0.2, -0.15) is 0 Å². The van der Waals surface area contributed by atoms with Crippen LogP contribution in [-0.2, 0) is 0 Å². The minimum absolute atomic E-state index is 0.0587. The lowest BCUT2D eigenvalue weighted by atomic mass is 9.92. The van der Waals surface area contributed by atoms with Crippen LogP contribution >= 0.6 is 0 Å². The van der Waals surface area contributed by atoms with Crippen LogP contribution in [0.4, 0.5) is 5.82 Å². The van der Waals surface area contributed by atoms with Crippen LogP contribution < -0.4 is 10.6 Å². The number of carbonyl (C=O) groups excluding carboxylic acids is 1. The molecule has 0 aliphatic carbocycles. The van der Waals surface area contributed by atoms with E-state index in [1.165, 1.54) is 19.4 Å². The van der Waals surface area contributed by atoms with Crippen molar-refractivity contribution in [2.45, 2.75) is 37.8 Å². The van der Waals surface area contributed by atoms with Crippen LogP contribution in [0.15, 0.2) is 18.3 Å². The highest BCUT2D eigenvalue weighted by atomic mass is 16.2. The van der Waals surface area contributed by atoms with E-state index in [0.29, 0.717) is 18.2 Å². The third-order valence-corrected chi connectivity index (χ3v) is 6.20. The molecule has 1 aromatic rings. The van der Waals surface area contributed by atoms with Crippen LogP contribution in [0.1, 0.15) is 36.0 Å². The van der Waals surface area contributed by atoms with Crippen LogP contribution in [-0.4, -0.2) is 72.5 Å². The SMILES string of the molecule is CN1CC[C@@H]2CCN(c3ccc(C(=O)N4CCCC(N)C4)cn3)C[C@@H]21. The lowest BCUT2D eigenvalue weighted by Crippen LogP contribution is -2.47. The maximum absolute atomic E-state index is 12.6. The molecule has 0 aromatic carbocycles. The van der Waals surface area contributed by atoms with E-state index in [1.54, 1.807) is 6.20 Å². The van der Waals surface area contributed by atoms with Gasteiger partial charge in [0, 0.05) is 44.5 Å². The fraction of sp³-hybridized carbons (Fsp3) is 0.684. The molecule has 3 saturated heterocycles. The fourth-order valence-electron chi connectivity index (χ4n) is 4.64. The molecule has 25 heavy (non-hydrogen) atoms. The van der Waals surface area contributed by atoms with Crippen molar-refractivity contribution in [1.82, 2.24) is 14.8 Å². The maximum Gasteiger partial charge on any atom is 0.255 e. The predicted molar refractivity (Wildman–Crippen MR) is 98.7 cm³/mol. The number of hydrogen-bond acceptors (Lipinski definition) is 5. The molecule has 1 unspecified atom stereocenters. The number of pyridine rings is 1. The number of nitrogens with zero attached hydrogens (tertiary/aromatic N) is 4. The molecule has 1 amide bonds. The number of nitrogens with two attached hydrogens (primary N) is 1. The molecule has 4 rings (SSSR count). The van der Waals surface area contributed by atoms with E-state index in [9.17, 15) is 4.79 Å². The van der Waals surface area contributed by atoms with Crippen molar-refractivity contribution >= 4 is 11.7 Å². The molecule has 3 aliphatic heterocycles. The summed E-state index contributed by atoms with van der Waals surface area (Å²) in [7, 11) is 2.23. The number of likely N-dealkylation sites (tertiary alicyclic amines) is 2. The molecule has 136 valence electrons. The van der Waals surface area contributed by atoms with Gasteiger partial charge in [-0.15, -0.1) is 0 Å². The molecule has 2 N–H and O–H groups in total. The summed E-state index contributed by atoms with van der Waals surface area (Å²) in [6.45, 7) is 4.78. The van der Waals surface area contributed by atoms with E-state index in [0.717, 1.165) is 44.2 Å². The van der Waals surface area contributed by atoms with Crippen LogP contribution in [0.25, 0.3) is 0 Å². The molecular formula is C19H29N5O. The Labute approximate surface area is 150 Å². The van der Waals surface area contributed by atoms with Gasteiger partial charge in [0.1, 0.15) is 5.82 Å². The molecule has 0 spiro atoms. The van der Waals surface area contributed by atoms with Crippen molar-refractivity contribution < 1.29 is 4.79 Å². The minimum atomic E-state index is 0.0587. The Morgan fingerprint density at radius 3 is 2.76 bits per heavy atom. The molecule has 3 fully saturated rings. The smallest absolute Gasteiger partial charge is 0.255 e. The molecule has 6 heteroatoms. The average molecular weight is 343 g/mol. The summed E-state index contributed by atoms with van der Waals surface area (Å²) in [6, 6.07) is 4.68. The Kier molecular flexibility index (Phi) is 4.65. The van der Waals surface area contributed by atoms with Gasteiger partial charge < -0.3 is 20.4 Å². The molecule has 4 heterocycles. The highest BCUT2D eigenvalue weighted by Gasteiger charge is 2.36. The number of fused-ring (bicyclic) bond motifs is 1. The Hall–Kier alpha value is -1.66. The summed E-state index contributed by atoms with van der Waals surface area (Å²) in [5.74, 6) is 1.89. The molecule has 0 radical (unpaired) electrons. The quantitative estimate of drug-likeness (QED) is 0.873. The minimum Gasteiger partial charge on any atom is -0.355 e. The topological polar surface area (TPSA) is 65.7 Å². The van der Waals surface area contributed by atoms with Crippen molar-refractivity contribution in [2.75, 3.05) is 44.7 Å². The summed E-state index contributed by atoms with van der Waals surface area (Å²) in [5, 5.41) is 0. The van der Waals surface area contributed by atoms with Gasteiger partial charge in [-0.1, -0.05) is 0 Å². The number of likely N-dealkylation sites (N-methyl/N-ethyl adjacent to an activating group) is 1. The number of piperidine rings is 2. The Balaban J connectivity index is 1.42. The summed E-state index contributed by atoms with van der Waals surface area (Å²) < 4.78 is 0. The first kappa shape index (κ1) is 16.8. The summed E-state index contributed by atoms with van der Waals surface area (Å²) >= 11 is 0. The zero-order chi connectivity index (χ0) is 17.4. The van der Waals surface area contributed by atoms with Crippen LogP contribution in [0.2, 0.25) is 0 Å². The van der Waals surface area contributed by atoms with E-state index < -0.39 is 0 Å². The van der Waals surface area contributed by atoms with Crippen molar-refractivity contribution in [3.05, 3.63) is 23.9 Å². The van der Waals surface area contributed by atoms with Crippen molar-refractivity contribution in [3.8, 4) is 0 Å². The predicted octanol–water partition coefficient (Wildman–Crippen LogP) is 1.18. The van der Waals surface area contributed by atoms with Gasteiger partial charge in [0.15, 0.2) is 0 Å². The monoisotopic (exact) mass is 343 g/mol. The first-order chi connectivity index (χ1) is 12.1. The number of carbonyl (C=O) groups is 1.